The Morgan fingerprint density at radius 3 is 2.60 bits per heavy atom. The number of hydrogen-bond acceptors (Lipinski definition) is 3. The quantitative estimate of drug-likeness (QED) is 0.605. The van der Waals surface area contributed by atoms with Crippen LogP contribution in [0.25, 0.3) is 0 Å². The Labute approximate surface area is 66.0 Å². The molecule has 54 valence electrons. The van der Waals surface area contributed by atoms with Crippen LogP contribution in [0.5, 0.6) is 0 Å². The zero-order valence-corrected chi connectivity index (χ0v) is 6.28. The second-order valence-corrected chi connectivity index (χ2v) is 3.47. The van der Waals surface area contributed by atoms with Crippen molar-refractivity contribution in [2.24, 2.45) is 0 Å². The molecule has 0 saturated carbocycles. The molecule has 0 spiro atoms. The lowest BCUT2D eigenvalue weighted by Crippen LogP contribution is -2.21. The van der Waals surface area contributed by atoms with Gasteiger partial charge in [0.2, 0.25) is 0 Å². The van der Waals surface area contributed by atoms with E-state index in [1.165, 1.54) is 0 Å². The molecular weight excluding hydrogens is 176 g/mol. The molecule has 0 fully saturated rings. The van der Waals surface area contributed by atoms with Crippen LogP contribution in [0.4, 0.5) is 0 Å². The minimum absolute atomic E-state index is 0.248. The number of aliphatic carboxylic acids is 1. The van der Waals surface area contributed by atoms with E-state index in [9.17, 15) is 9.59 Å². The lowest BCUT2D eigenvalue weighted by atomic mass is 10.3. The van der Waals surface area contributed by atoms with Crippen LogP contribution in [0.15, 0.2) is 10.4 Å². The third-order valence-electron chi connectivity index (χ3n) is 0.969. The van der Waals surface area contributed by atoms with E-state index in [0.717, 1.165) is 17.8 Å². The van der Waals surface area contributed by atoms with Crippen molar-refractivity contribution < 1.29 is 14.7 Å². The third-order valence-corrected chi connectivity index (χ3v) is 2.36. The summed E-state index contributed by atoms with van der Waals surface area (Å²) >= 11 is 6.24. The number of hydrogen-bond donors (Lipinski definition) is 1. The number of thioether (sulfide) groups is 1. The van der Waals surface area contributed by atoms with Crippen molar-refractivity contribution >= 4 is 35.1 Å². The third kappa shape index (κ3) is 1.33. The van der Waals surface area contributed by atoms with E-state index >= 15 is 0 Å². The van der Waals surface area contributed by atoms with Gasteiger partial charge in [0.15, 0.2) is 11.0 Å². The molecule has 1 N–H and O–H groups in total. The Hall–Kier alpha value is -0.480. The Kier molecular flexibility index (Phi) is 2.01. The fourth-order valence-corrected chi connectivity index (χ4v) is 1.63. The molecule has 0 bridgehead atoms. The molecule has 0 aromatic rings. The molecule has 0 aliphatic carbocycles. The number of halogens is 1. The molecule has 0 saturated heterocycles. The normalized spacial score (nSPS) is 24.7. The maximum Gasteiger partial charge on any atom is 0.325 e. The van der Waals surface area contributed by atoms with E-state index < -0.39 is 17.0 Å². The smallest absolute Gasteiger partial charge is 0.325 e. The highest BCUT2D eigenvalue weighted by Crippen LogP contribution is 2.32. The van der Waals surface area contributed by atoms with E-state index in [2.05, 4.69) is 0 Å². The average Bonchev–Trinajstić information content (AvgIpc) is 2.10. The first-order valence-corrected chi connectivity index (χ1v) is 3.67. The van der Waals surface area contributed by atoms with Crippen LogP contribution in [0.1, 0.15) is 0 Å². The molecule has 0 radical (unpaired) electrons. The molecule has 1 aliphatic rings. The second-order valence-electron chi connectivity index (χ2n) is 1.69. The number of carbonyl (C=O) groups is 2. The summed E-state index contributed by atoms with van der Waals surface area (Å²) in [4.78, 5) is 20.9. The van der Waals surface area contributed by atoms with Gasteiger partial charge in [-0.15, -0.1) is 0 Å². The molecule has 3 nitrogen and oxygen atoms in total. The van der Waals surface area contributed by atoms with E-state index in [1.807, 2.05) is 0 Å². The summed E-state index contributed by atoms with van der Waals surface area (Å²) in [5.41, 5.74) is 0. The Balaban J connectivity index is 2.73. The first-order valence-electron chi connectivity index (χ1n) is 2.42. The maximum absolute atomic E-state index is 10.7. The van der Waals surface area contributed by atoms with Crippen LogP contribution in [0, 0.1) is 0 Å². The van der Waals surface area contributed by atoms with Crippen molar-refractivity contribution in [1.29, 1.82) is 0 Å². The first kappa shape index (κ1) is 7.63. The van der Waals surface area contributed by atoms with Gasteiger partial charge in [0.25, 0.3) is 0 Å². The van der Waals surface area contributed by atoms with Gasteiger partial charge in [-0.3, -0.25) is 9.59 Å². The summed E-state index contributed by atoms with van der Waals surface area (Å²) in [6.45, 7) is 0. The molecule has 0 aromatic carbocycles. The highest BCUT2D eigenvalue weighted by molar-refractivity contribution is 8.07. The van der Waals surface area contributed by atoms with Gasteiger partial charge in [0.05, 0.1) is 4.36 Å². The van der Waals surface area contributed by atoms with Crippen molar-refractivity contribution in [2.45, 2.75) is 5.25 Å². The van der Waals surface area contributed by atoms with Crippen molar-refractivity contribution in [2.75, 3.05) is 0 Å². The monoisotopic (exact) mass is 178 g/mol. The maximum atomic E-state index is 10.7. The molecule has 1 rings (SSSR count). The van der Waals surface area contributed by atoms with Gasteiger partial charge in [-0.05, 0) is 0 Å². The summed E-state index contributed by atoms with van der Waals surface area (Å²) < 4.78 is 0.248. The first-order chi connectivity index (χ1) is 4.61. The highest BCUT2D eigenvalue weighted by Gasteiger charge is 2.31. The minimum atomic E-state index is -1.14. The summed E-state index contributed by atoms with van der Waals surface area (Å²) in [5.74, 6) is -1.58. The van der Waals surface area contributed by atoms with Gasteiger partial charge in [0, 0.05) is 6.08 Å². The van der Waals surface area contributed by atoms with Crippen LogP contribution >= 0.6 is 23.4 Å². The Morgan fingerprint density at radius 2 is 2.40 bits per heavy atom. The zero-order chi connectivity index (χ0) is 7.72. The zero-order valence-electron chi connectivity index (χ0n) is 4.70. The standard InChI is InChI=1S/C5H3ClO3S/c6-3-1-2(7)4(10-3)5(8)9/h1,4H,(H,8,9). The molecule has 5 heteroatoms. The van der Waals surface area contributed by atoms with Gasteiger partial charge in [-0.1, -0.05) is 23.4 Å². The summed E-state index contributed by atoms with van der Waals surface area (Å²) in [6.07, 6.45) is 1.13. The van der Waals surface area contributed by atoms with Gasteiger partial charge in [0.1, 0.15) is 0 Å². The molecule has 1 aliphatic heterocycles. The van der Waals surface area contributed by atoms with E-state index in [4.69, 9.17) is 16.7 Å². The molecular formula is C5H3ClO3S. The van der Waals surface area contributed by atoms with Crippen LogP contribution in [-0.2, 0) is 9.59 Å². The fraction of sp³-hybridized carbons (Fsp3) is 0.200. The molecule has 0 aromatic heterocycles. The Bertz CT molecular complexity index is 223. The van der Waals surface area contributed by atoms with E-state index in [0.29, 0.717) is 0 Å². The number of rotatable bonds is 1. The van der Waals surface area contributed by atoms with Gasteiger partial charge < -0.3 is 5.11 Å². The number of ketones is 1. The number of carbonyl (C=O) groups excluding carboxylic acids is 1. The summed E-state index contributed by atoms with van der Waals surface area (Å²) in [6, 6.07) is 0. The molecule has 1 heterocycles. The minimum Gasteiger partial charge on any atom is -0.480 e. The molecule has 0 amide bonds. The number of carboxylic acids is 1. The fourth-order valence-electron chi connectivity index (χ4n) is 0.564. The topological polar surface area (TPSA) is 54.4 Å². The summed E-state index contributed by atoms with van der Waals surface area (Å²) in [7, 11) is 0. The Morgan fingerprint density at radius 1 is 1.80 bits per heavy atom. The van der Waals surface area contributed by atoms with Gasteiger partial charge in [-0.2, -0.15) is 0 Å². The lowest BCUT2D eigenvalue weighted by molar-refractivity contribution is -0.138. The van der Waals surface area contributed by atoms with Crippen molar-refractivity contribution in [3.63, 3.8) is 0 Å². The largest absolute Gasteiger partial charge is 0.480 e. The van der Waals surface area contributed by atoms with Crippen LogP contribution in [-0.4, -0.2) is 22.1 Å². The van der Waals surface area contributed by atoms with Crippen LogP contribution in [0.3, 0.4) is 0 Å². The van der Waals surface area contributed by atoms with Crippen molar-refractivity contribution in [3.05, 3.63) is 10.4 Å². The molecule has 10 heavy (non-hydrogen) atoms. The predicted molar refractivity (Wildman–Crippen MR) is 38.0 cm³/mol. The predicted octanol–water partition coefficient (Wildman–Crippen LogP) is 0.836. The van der Waals surface area contributed by atoms with Gasteiger partial charge in [-0.25, -0.2) is 0 Å². The average molecular weight is 179 g/mol. The van der Waals surface area contributed by atoms with E-state index in [1.54, 1.807) is 0 Å². The molecule has 1 atom stereocenters. The lowest BCUT2D eigenvalue weighted by Gasteiger charge is -1.97. The van der Waals surface area contributed by atoms with Crippen molar-refractivity contribution in [1.82, 2.24) is 0 Å². The SMILES string of the molecule is O=C(O)C1SC(Cl)=CC1=O. The highest BCUT2D eigenvalue weighted by atomic mass is 35.5. The second kappa shape index (κ2) is 2.64. The van der Waals surface area contributed by atoms with Crippen LogP contribution < -0.4 is 0 Å². The molecule has 1 unspecified atom stereocenters. The summed E-state index contributed by atoms with van der Waals surface area (Å²) in [5, 5.41) is 7.35. The van der Waals surface area contributed by atoms with Crippen molar-refractivity contribution in [3.8, 4) is 0 Å². The van der Waals surface area contributed by atoms with Crippen LogP contribution in [0.2, 0.25) is 0 Å². The number of allylic oxidation sites excluding steroid dienone is 1. The van der Waals surface area contributed by atoms with Gasteiger partial charge >= 0.3 is 5.97 Å². The number of carboxylic acid groups (broad SMARTS) is 1. The van der Waals surface area contributed by atoms with E-state index in [-0.39, 0.29) is 4.36 Å².